The molecule has 0 radical (unpaired) electrons. The summed E-state index contributed by atoms with van der Waals surface area (Å²) in [7, 11) is 0.577. The number of aromatic nitrogens is 1. The monoisotopic (exact) mass is 400 g/mol. The number of carbonyl (C=O) groups excluding carboxylic acids is 1. The minimum absolute atomic E-state index is 0.273. The molecule has 5 nitrogen and oxygen atoms in total. The predicted molar refractivity (Wildman–Crippen MR) is 110 cm³/mol. The summed E-state index contributed by atoms with van der Waals surface area (Å²) in [6, 6.07) is 16.8. The minimum Gasteiger partial charge on any atom is -0.497 e. The fourth-order valence-electron chi connectivity index (χ4n) is 2.62. The maximum absolute atomic E-state index is 12.7. The van der Waals surface area contributed by atoms with Crippen LogP contribution >= 0.6 is 11.3 Å². The van der Waals surface area contributed by atoms with E-state index >= 15 is 0 Å². The van der Waals surface area contributed by atoms with Gasteiger partial charge in [-0.2, -0.15) is 0 Å². The summed E-state index contributed by atoms with van der Waals surface area (Å²) in [5.74, 6) is 0.849. The van der Waals surface area contributed by atoms with Crippen LogP contribution in [0.4, 0.5) is 0 Å². The van der Waals surface area contributed by atoms with Crippen molar-refractivity contribution in [3.05, 3.63) is 71.2 Å². The number of hydrogen-bond acceptors (Lipinski definition) is 5. The summed E-state index contributed by atoms with van der Waals surface area (Å²) in [6.07, 6.45) is 1.63. The van der Waals surface area contributed by atoms with Crippen molar-refractivity contribution in [3.8, 4) is 16.3 Å². The van der Waals surface area contributed by atoms with E-state index in [2.05, 4.69) is 10.3 Å². The van der Waals surface area contributed by atoms with Crippen molar-refractivity contribution in [2.75, 3.05) is 19.1 Å². The fourth-order valence-corrected chi connectivity index (χ4v) is 4.17. The van der Waals surface area contributed by atoms with Crippen molar-refractivity contribution in [1.29, 1.82) is 0 Å². The number of hydrogen-bond donors (Lipinski definition) is 1. The van der Waals surface area contributed by atoms with Gasteiger partial charge >= 0.3 is 0 Å². The van der Waals surface area contributed by atoms with Gasteiger partial charge in [-0.1, -0.05) is 30.3 Å². The Balaban J connectivity index is 1.76. The van der Waals surface area contributed by atoms with Crippen molar-refractivity contribution in [3.63, 3.8) is 0 Å². The Labute approximate surface area is 164 Å². The molecule has 0 fully saturated rings. The van der Waals surface area contributed by atoms with Crippen molar-refractivity contribution in [1.82, 2.24) is 10.3 Å². The summed E-state index contributed by atoms with van der Waals surface area (Å²) in [4.78, 5) is 17.1. The number of rotatable bonds is 7. The SMILES string of the molecule is COc1ccc(-c2nc(C(=O)N[C@H](C[S@](C)=O)c3ccccc3)cs2)cc1. The van der Waals surface area contributed by atoms with E-state index in [4.69, 9.17) is 4.74 Å². The molecular weight excluding hydrogens is 380 g/mol. The first-order valence-corrected chi connectivity index (χ1v) is 10.9. The fraction of sp³-hybridized carbons (Fsp3) is 0.200. The molecule has 0 bridgehead atoms. The van der Waals surface area contributed by atoms with Gasteiger partial charge in [0.15, 0.2) is 0 Å². The Morgan fingerprint density at radius 1 is 1.19 bits per heavy atom. The molecule has 140 valence electrons. The largest absolute Gasteiger partial charge is 0.497 e. The molecule has 0 spiro atoms. The highest BCUT2D eigenvalue weighted by atomic mass is 32.2. The van der Waals surface area contributed by atoms with E-state index in [-0.39, 0.29) is 11.9 Å². The van der Waals surface area contributed by atoms with Crippen LogP contribution in [0.5, 0.6) is 5.75 Å². The molecule has 1 heterocycles. The van der Waals surface area contributed by atoms with E-state index in [9.17, 15) is 9.00 Å². The van der Waals surface area contributed by atoms with Crippen LogP contribution in [0.3, 0.4) is 0 Å². The number of amides is 1. The van der Waals surface area contributed by atoms with Gasteiger partial charge in [-0.15, -0.1) is 11.3 Å². The molecule has 7 heteroatoms. The Morgan fingerprint density at radius 3 is 2.52 bits per heavy atom. The smallest absolute Gasteiger partial charge is 0.271 e. The first-order valence-electron chi connectivity index (χ1n) is 8.32. The third-order valence-corrected chi connectivity index (χ3v) is 5.68. The zero-order valence-corrected chi connectivity index (χ0v) is 16.7. The molecule has 2 atom stereocenters. The van der Waals surface area contributed by atoms with E-state index in [1.54, 1.807) is 18.7 Å². The normalized spacial score (nSPS) is 13.0. The maximum atomic E-state index is 12.7. The molecular formula is C20H20N2O3S2. The third kappa shape index (κ3) is 5.02. The van der Waals surface area contributed by atoms with Crippen molar-refractivity contribution in [2.24, 2.45) is 0 Å². The van der Waals surface area contributed by atoms with Crippen LogP contribution in [0, 0.1) is 0 Å². The Kier molecular flexibility index (Phi) is 6.36. The van der Waals surface area contributed by atoms with Crippen LogP contribution in [0.1, 0.15) is 22.1 Å². The molecule has 0 saturated heterocycles. The average molecular weight is 401 g/mol. The van der Waals surface area contributed by atoms with Crippen molar-refractivity contribution < 1.29 is 13.7 Å². The van der Waals surface area contributed by atoms with Gasteiger partial charge in [0.1, 0.15) is 16.5 Å². The molecule has 0 saturated carbocycles. The molecule has 3 rings (SSSR count). The molecule has 1 N–H and O–H groups in total. The van der Waals surface area contributed by atoms with Crippen molar-refractivity contribution >= 4 is 28.0 Å². The Hall–Kier alpha value is -2.51. The first-order chi connectivity index (χ1) is 13.1. The molecule has 0 aliphatic heterocycles. The Morgan fingerprint density at radius 2 is 1.89 bits per heavy atom. The van der Waals surface area contributed by atoms with E-state index < -0.39 is 10.8 Å². The van der Waals surface area contributed by atoms with Crippen LogP contribution in [0.15, 0.2) is 60.0 Å². The molecule has 0 unspecified atom stereocenters. The molecule has 2 aromatic carbocycles. The lowest BCUT2D eigenvalue weighted by molar-refractivity contribution is 0.0936. The van der Waals surface area contributed by atoms with Gasteiger partial charge < -0.3 is 10.1 Å². The highest BCUT2D eigenvalue weighted by Crippen LogP contribution is 2.26. The lowest BCUT2D eigenvalue weighted by Gasteiger charge is -2.17. The second kappa shape index (κ2) is 8.92. The number of nitrogens with zero attached hydrogens (tertiary/aromatic N) is 1. The summed E-state index contributed by atoms with van der Waals surface area (Å²) in [5, 5.41) is 5.45. The zero-order chi connectivity index (χ0) is 19.2. The lowest BCUT2D eigenvalue weighted by Crippen LogP contribution is -2.32. The Bertz CT molecular complexity index is 924. The molecule has 1 aromatic heterocycles. The highest BCUT2D eigenvalue weighted by Gasteiger charge is 2.19. The molecule has 27 heavy (non-hydrogen) atoms. The summed E-state index contributed by atoms with van der Waals surface area (Å²) < 4.78 is 16.9. The van der Waals surface area contributed by atoms with Gasteiger partial charge in [0.2, 0.25) is 0 Å². The number of ether oxygens (including phenoxy) is 1. The van der Waals surface area contributed by atoms with Gasteiger partial charge in [-0.25, -0.2) is 4.98 Å². The molecule has 0 aliphatic rings. The number of benzene rings is 2. The standard InChI is InChI=1S/C20H20N2O3S2/c1-25-16-10-8-15(9-11-16)20-22-17(12-26-20)19(23)21-18(13-27(2)24)14-6-4-3-5-7-14/h3-12,18H,13H2,1-2H3,(H,21,23)/t18-,27+/m1/s1. The van der Waals surface area contributed by atoms with Crippen LogP contribution in [0.2, 0.25) is 0 Å². The van der Waals surface area contributed by atoms with Crippen LogP contribution in [0.25, 0.3) is 10.6 Å². The molecule has 0 aliphatic carbocycles. The van der Waals surface area contributed by atoms with Crippen molar-refractivity contribution in [2.45, 2.75) is 6.04 Å². The summed E-state index contributed by atoms with van der Waals surface area (Å²) >= 11 is 1.41. The molecule has 3 aromatic rings. The quantitative estimate of drug-likeness (QED) is 0.657. The van der Waals surface area contributed by atoms with Crippen LogP contribution in [-0.4, -0.2) is 34.2 Å². The van der Waals surface area contributed by atoms with Crippen LogP contribution < -0.4 is 10.1 Å². The topological polar surface area (TPSA) is 68.3 Å². The number of thiazole rings is 1. The summed E-state index contributed by atoms with van der Waals surface area (Å²) in [5.41, 5.74) is 2.20. The lowest BCUT2D eigenvalue weighted by atomic mass is 10.1. The van der Waals surface area contributed by atoms with Gasteiger partial charge in [0.25, 0.3) is 5.91 Å². The van der Waals surface area contributed by atoms with E-state index in [0.717, 1.165) is 21.9 Å². The predicted octanol–water partition coefficient (Wildman–Crippen LogP) is 3.67. The number of carbonyl (C=O) groups is 1. The first kappa shape index (κ1) is 19.3. The maximum Gasteiger partial charge on any atom is 0.271 e. The minimum atomic E-state index is -1.04. The average Bonchev–Trinajstić information content (AvgIpc) is 3.18. The second-order valence-corrected chi connectivity index (χ2v) is 8.28. The number of methoxy groups -OCH3 is 1. The van der Waals surface area contributed by atoms with E-state index in [1.165, 1.54) is 11.3 Å². The van der Waals surface area contributed by atoms with E-state index in [1.807, 2.05) is 54.6 Å². The van der Waals surface area contributed by atoms with Gasteiger partial charge in [0.05, 0.1) is 13.2 Å². The van der Waals surface area contributed by atoms with Gasteiger partial charge in [0, 0.05) is 33.8 Å². The highest BCUT2D eigenvalue weighted by molar-refractivity contribution is 7.84. The van der Waals surface area contributed by atoms with Gasteiger partial charge in [-0.3, -0.25) is 9.00 Å². The van der Waals surface area contributed by atoms with Crippen LogP contribution in [-0.2, 0) is 10.8 Å². The molecule has 1 amide bonds. The number of nitrogens with one attached hydrogen (secondary N) is 1. The van der Waals surface area contributed by atoms with Gasteiger partial charge in [-0.05, 0) is 29.8 Å². The van der Waals surface area contributed by atoms with E-state index in [0.29, 0.717) is 11.4 Å². The zero-order valence-electron chi connectivity index (χ0n) is 15.0. The second-order valence-electron chi connectivity index (χ2n) is 5.94. The summed E-state index contributed by atoms with van der Waals surface area (Å²) in [6.45, 7) is 0. The third-order valence-electron chi connectivity index (χ3n) is 3.98.